The van der Waals surface area contributed by atoms with Crippen LogP contribution in [0, 0.1) is 10.6 Å². The average molecular weight is 430 g/mol. The summed E-state index contributed by atoms with van der Waals surface area (Å²) in [6.07, 6.45) is 1.80. The maximum atomic E-state index is 13.3. The summed E-state index contributed by atoms with van der Waals surface area (Å²) in [4.78, 5) is 4.86. The Kier molecular flexibility index (Phi) is 6.34. The molecule has 0 amide bonds. The van der Waals surface area contributed by atoms with Crippen LogP contribution in [0.5, 0.6) is 0 Å². The third-order valence-corrected chi connectivity index (χ3v) is 6.29. The Morgan fingerprint density at radius 1 is 1.10 bits per heavy atom. The Morgan fingerprint density at radius 2 is 1.83 bits per heavy atom. The van der Waals surface area contributed by atoms with E-state index in [0.717, 1.165) is 44.1 Å². The van der Waals surface area contributed by atoms with Gasteiger partial charge in [0.05, 0.1) is 6.67 Å². The van der Waals surface area contributed by atoms with Gasteiger partial charge in [0.1, 0.15) is 5.82 Å². The molecule has 152 valence electrons. The van der Waals surface area contributed by atoms with Crippen molar-refractivity contribution in [3.8, 4) is 11.4 Å². The van der Waals surface area contributed by atoms with Crippen LogP contribution in [0.2, 0.25) is 0 Å². The van der Waals surface area contributed by atoms with Gasteiger partial charge >= 0.3 is 0 Å². The molecule has 8 heteroatoms. The van der Waals surface area contributed by atoms with Crippen LogP contribution in [-0.4, -0.2) is 50.3 Å². The molecule has 0 atom stereocenters. The Labute approximate surface area is 179 Å². The van der Waals surface area contributed by atoms with Crippen LogP contribution in [-0.2, 0) is 19.8 Å². The number of thiophene rings is 1. The van der Waals surface area contributed by atoms with E-state index < -0.39 is 0 Å². The Hall–Kier alpha value is -2.13. The van der Waals surface area contributed by atoms with Gasteiger partial charge in [-0.2, -0.15) is 16.4 Å². The topological polar surface area (TPSA) is 29.2 Å². The maximum Gasteiger partial charge on any atom is 0.199 e. The zero-order valence-electron chi connectivity index (χ0n) is 16.2. The number of halogens is 1. The molecular formula is C21H24FN5S2. The van der Waals surface area contributed by atoms with E-state index in [0.29, 0.717) is 18.0 Å². The number of nitrogens with zero attached hydrogens (tertiary/aromatic N) is 5. The molecule has 1 fully saturated rings. The standard InChI is InChI=1S/C21H24FN5S2/c1-2-8-26-20(18-3-5-19(22)6-4-18)23-27(21(26)28)16-25-11-9-24(10-12-25)14-17-7-13-29-15-17/h2-7,13,15H,1,8-12,14,16H2. The van der Waals surface area contributed by atoms with E-state index in [9.17, 15) is 4.39 Å². The van der Waals surface area contributed by atoms with E-state index in [1.807, 2.05) is 9.25 Å². The predicted octanol–water partition coefficient (Wildman–Crippen LogP) is 4.24. The molecule has 5 nitrogen and oxygen atoms in total. The fourth-order valence-corrected chi connectivity index (χ4v) is 4.48. The lowest BCUT2D eigenvalue weighted by Crippen LogP contribution is -2.46. The summed E-state index contributed by atoms with van der Waals surface area (Å²) in [5, 5.41) is 9.10. The van der Waals surface area contributed by atoms with Crippen molar-refractivity contribution >= 4 is 23.6 Å². The predicted molar refractivity (Wildman–Crippen MR) is 118 cm³/mol. The molecule has 4 rings (SSSR count). The van der Waals surface area contributed by atoms with Gasteiger partial charge in [-0.25, -0.2) is 9.07 Å². The first-order chi connectivity index (χ1) is 14.1. The summed E-state index contributed by atoms with van der Waals surface area (Å²) in [5.74, 6) is 0.480. The number of piperazine rings is 1. The maximum absolute atomic E-state index is 13.3. The first-order valence-electron chi connectivity index (χ1n) is 9.64. The molecule has 0 aliphatic carbocycles. The molecule has 1 aliphatic rings. The van der Waals surface area contributed by atoms with Gasteiger partial charge in [0, 0.05) is 44.8 Å². The average Bonchev–Trinajstić information content (AvgIpc) is 3.34. The second-order valence-electron chi connectivity index (χ2n) is 7.18. The lowest BCUT2D eigenvalue weighted by molar-refractivity contribution is 0.0981. The molecule has 0 spiro atoms. The lowest BCUT2D eigenvalue weighted by atomic mass is 10.2. The molecule has 1 aliphatic heterocycles. The fraction of sp³-hybridized carbons (Fsp3) is 0.333. The minimum Gasteiger partial charge on any atom is -0.297 e. The number of aromatic nitrogens is 3. The third-order valence-electron chi connectivity index (χ3n) is 5.12. The number of allylic oxidation sites excluding steroid dienone is 1. The summed E-state index contributed by atoms with van der Waals surface area (Å²) in [6.45, 7) is 10.1. The van der Waals surface area contributed by atoms with Gasteiger partial charge in [-0.05, 0) is 58.9 Å². The van der Waals surface area contributed by atoms with Gasteiger partial charge in [-0.1, -0.05) is 6.08 Å². The zero-order chi connectivity index (χ0) is 20.2. The first-order valence-corrected chi connectivity index (χ1v) is 11.0. The molecule has 29 heavy (non-hydrogen) atoms. The Morgan fingerprint density at radius 3 is 2.48 bits per heavy atom. The highest BCUT2D eigenvalue weighted by molar-refractivity contribution is 7.71. The molecule has 1 aromatic carbocycles. The second kappa shape index (κ2) is 9.13. The number of benzene rings is 1. The minimum atomic E-state index is -0.262. The van der Waals surface area contributed by atoms with Crippen LogP contribution in [0.4, 0.5) is 4.39 Å². The van der Waals surface area contributed by atoms with Gasteiger partial charge in [0.25, 0.3) is 0 Å². The van der Waals surface area contributed by atoms with Crippen molar-refractivity contribution < 1.29 is 4.39 Å². The van der Waals surface area contributed by atoms with E-state index in [1.54, 1.807) is 29.5 Å². The van der Waals surface area contributed by atoms with Gasteiger partial charge in [-0.15, -0.1) is 6.58 Å². The smallest absolute Gasteiger partial charge is 0.199 e. The van der Waals surface area contributed by atoms with Crippen LogP contribution in [0.15, 0.2) is 53.7 Å². The lowest BCUT2D eigenvalue weighted by Gasteiger charge is -2.34. The van der Waals surface area contributed by atoms with Crippen LogP contribution in [0.1, 0.15) is 5.56 Å². The third kappa shape index (κ3) is 4.72. The van der Waals surface area contributed by atoms with E-state index in [4.69, 9.17) is 17.3 Å². The van der Waals surface area contributed by atoms with Crippen LogP contribution in [0.25, 0.3) is 11.4 Å². The van der Waals surface area contributed by atoms with E-state index in [1.165, 1.54) is 17.7 Å². The largest absolute Gasteiger partial charge is 0.297 e. The quantitative estimate of drug-likeness (QED) is 0.415. The summed E-state index contributed by atoms with van der Waals surface area (Å²) in [7, 11) is 0. The highest BCUT2D eigenvalue weighted by Gasteiger charge is 2.19. The van der Waals surface area contributed by atoms with Gasteiger partial charge in [0.2, 0.25) is 0 Å². The Balaban J connectivity index is 1.46. The van der Waals surface area contributed by atoms with E-state index in [-0.39, 0.29) is 5.82 Å². The molecule has 0 N–H and O–H groups in total. The fourth-order valence-electron chi connectivity index (χ4n) is 3.56. The van der Waals surface area contributed by atoms with E-state index in [2.05, 4.69) is 33.2 Å². The molecule has 3 aromatic rings. The molecule has 1 saturated heterocycles. The molecule has 3 heterocycles. The normalized spacial score (nSPS) is 15.6. The summed E-state index contributed by atoms with van der Waals surface area (Å²) in [6, 6.07) is 8.56. The van der Waals surface area contributed by atoms with Gasteiger partial charge in [0.15, 0.2) is 10.6 Å². The van der Waals surface area contributed by atoms with Crippen molar-refractivity contribution in [3.63, 3.8) is 0 Å². The van der Waals surface area contributed by atoms with Crippen molar-refractivity contribution in [2.75, 3.05) is 26.2 Å². The molecule has 0 radical (unpaired) electrons. The highest BCUT2D eigenvalue weighted by atomic mass is 32.1. The van der Waals surface area contributed by atoms with E-state index >= 15 is 0 Å². The summed E-state index contributed by atoms with van der Waals surface area (Å²) in [5.41, 5.74) is 2.23. The number of hydrogen-bond donors (Lipinski definition) is 0. The van der Waals surface area contributed by atoms with Crippen LogP contribution in [0.3, 0.4) is 0 Å². The Bertz CT molecular complexity index is 999. The monoisotopic (exact) mass is 429 g/mol. The van der Waals surface area contributed by atoms with Crippen LogP contribution >= 0.6 is 23.6 Å². The number of rotatable bonds is 7. The first kappa shape index (κ1) is 20.2. The molecular weight excluding hydrogens is 405 g/mol. The minimum absolute atomic E-state index is 0.262. The van der Waals surface area contributed by atoms with Crippen molar-refractivity contribution in [1.29, 1.82) is 0 Å². The van der Waals surface area contributed by atoms with Gasteiger partial charge < -0.3 is 0 Å². The van der Waals surface area contributed by atoms with Crippen LogP contribution < -0.4 is 0 Å². The zero-order valence-corrected chi connectivity index (χ0v) is 17.8. The van der Waals surface area contributed by atoms with Gasteiger partial charge in [-0.3, -0.25) is 14.4 Å². The molecule has 0 saturated carbocycles. The van der Waals surface area contributed by atoms with Crippen molar-refractivity contribution in [3.05, 3.63) is 69.9 Å². The summed E-state index contributed by atoms with van der Waals surface area (Å²) < 4.78 is 17.8. The highest BCUT2D eigenvalue weighted by Crippen LogP contribution is 2.20. The number of hydrogen-bond acceptors (Lipinski definition) is 5. The molecule has 0 bridgehead atoms. The van der Waals surface area contributed by atoms with Crippen molar-refractivity contribution in [2.45, 2.75) is 19.8 Å². The SMILES string of the molecule is C=CCn1c(-c2ccc(F)cc2)nn(CN2CCN(Cc3ccsc3)CC2)c1=S. The second-order valence-corrected chi connectivity index (χ2v) is 8.32. The molecule has 0 unspecified atom stereocenters. The molecule has 2 aromatic heterocycles. The van der Waals surface area contributed by atoms with Crippen molar-refractivity contribution in [1.82, 2.24) is 24.1 Å². The van der Waals surface area contributed by atoms with Crippen molar-refractivity contribution in [2.24, 2.45) is 0 Å². The summed E-state index contributed by atoms with van der Waals surface area (Å²) >= 11 is 7.43.